The molecule has 142 valence electrons. The molecular weight excluding hydrogens is 485 g/mol. The molecule has 0 atom stereocenters. The summed E-state index contributed by atoms with van der Waals surface area (Å²) < 4.78 is 23.3. The minimum Gasteiger partial charge on any atom is -0.352 e. The van der Waals surface area contributed by atoms with Gasteiger partial charge in [-0.1, -0.05) is 35.9 Å². The van der Waals surface area contributed by atoms with Crippen molar-refractivity contribution in [2.45, 2.75) is 24.9 Å². The summed E-state index contributed by atoms with van der Waals surface area (Å²) in [6.07, 6.45) is 1.22. The average molecular weight is 508 g/mol. The Kier molecular flexibility index (Phi) is 8.85. The van der Waals surface area contributed by atoms with E-state index in [1.807, 2.05) is 36.4 Å². The molecule has 0 amide bonds. The molecule has 0 saturated heterocycles. The van der Waals surface area contributed by atoms with E-state index in [-0.39, 0.29) is 24.0 Å². The predicted molar refractivity (Wildman–Crippen MR) is 118 cm³/mol. The van der Waals surface area contributed by atoms with Gasteiger partial charge < -0.3 is 10.6 Å². The van der Waals surface area contributed by atoms with Gasteiger partial charge >= 0.3 is 0 Å². The minimum absolute atomic E-state index is 0. The van der Waals surface area contributed by atoms with E-state index in [0.717, 1.165) is 16.7 Å². The number of halogens is 2. The summed E-state index contributed by atoms with van der Waals surface area (Å²) >= 11 is 5.88. The van der Waals surface area contributed by atoms with Crippen molar-refractivity contribution in [2.75, 3.05) is 13.3 Å². The van der Waals surface area contributed by atoms with Crippen LogP contribution >= 0.6 is 35.6 Å². The topological polar surface area (TPSA) is 70.6 Å². The first kappa shape index (κ1) is 22.7. The van der Waals surface area contributed by atoms with E-state index in [9.17, 15) is 8.42 Å². The molecule has 2 N–H and O–H groups in total. The highest BCUT2D eigenvalue weighted by molar-refractivity contribution is 14.0. The maximum absolute atomic E-state index is 11.7. The fourth-order valence-corrected chi connectivity index (χ4v) is 3.52. The second-order valence-corrected chi connectivity index (χ2v) is 8.20. The minimum atomic E-state index is -3.19. The first-order valence-electron chi connectivity index (χ1n) is 7.78. The van der Waals surface area contributed by atoms with E-state index < -0.39 is 9.84 Å². The Morgan fingerprint density at radius 3 is 2.08 bits per heavy atom. The molecule has 2 aromatic carbocycles. The van der Waals surface area contributed by atoms with Crippen LogP contribution in [-0.4, -0.2) is 27.7 Å². The second-order valence-electron chi connectivity index (χ2n) is 5.78. The van der Waals surface area contributed by atoms with Gasteiger partial charge in [-0.3, -0.25) is 4.99 Å². The first-order chi connectivity index (χ1) is 11.8. The number of rotatable bonds is 5. The third-order valence-corrected chi connectivity index (χ3v) is 5.20. The number of sulfone groups is 1. The lowest BCUT2D eigenvalue weighted by molar-refractivity contribution is 0.601. The van der Waals surface area contributed by atoms with Crippen molar-refractivity contribution in [3.63, 3.8) is 0 Å². The SMILES string of the molecule is CN=C(NCc1ccc(Cl)cc1)NCc1ccc(S(C)(=O)=O)c(C)c1.I. The molecule has 0 heterocycles. The number of hydrogen-bond acceptors (Lipinski definition) is 3. The van der Waals surface area contributed by atoms with Gasteiger partial charge in [0.1, 0.15) is 0 Å². The molecule has 0 aromatic heterocycles. The highest BCUT2D eigenvalue weighted by atomic mass is 127. The quantitative estimate of drug-likeness (QED) is 0.369. The number of benzene rings is 2. The Bertz CT molecular complexity index is 869. The Balaban J connectivity index is 0.00000338. The largest absolute Gasteiger partial charge is 0.352 e. The molecule has 0 spiro atoms. The molecule has 0 saturated carbocycles. The highest BCUT2D eigenvalue weighted by Crippen LogP contribution is 2.16. The predicted octanol–water partition coefficient (Wildman–Crippen LogP) is 3.54. The van der Waals surface area contributed by atoms with Crippen LogP contribution in [0.5, 0.6) is 0 Å². The number of aliphatic imine (C=N–C) groups is 1. The molecule has 0 radical (unpaired) electrons. The van der Waals surface area contributed by atoms with Gasteiger partial charge in [-0.2, -0.15) is 0 Å². The van der Waals surface area contributed by atoms with Crippen molar-refractivity contribution >= 4 is 51.4 Å². The van der Waals surface area contributed by atoms with Gasteiger partial charge in [-0.15, -0.1) is 24.0 Å². The summed E-state index contributed by atoms with van der Waals surface area (Å²) in [6, 6.07) is 12.9. The molecule has 0 bridgehead atoms. The molecule has 26 heavy (non-hydrogen) atoms. The van der Waals surface area contributed by atoms with E-state index in [1.165, 1.54) is 6.26 Å². The maximum Gasteiger partial charge on any atom is 0.191 e. The van der Waals surface area contributed by atoms with Crippen LogP contribution in [0, 0.1) is 6.92 Å². The van der Waals surface area contributed by atoms with Crippen LogP contribution in [0.2, 0.25) is 5.02 Å². The zero-order valence-electron chi connectivity index (χ0n) is 14.9. The molecule has 2 aromatic rings. The summed E-state index contributed by atoms with van der Waals surface area (Å²) in [6.45, 7) is 2.97. The highest BCUT2D eigenvalue weighted by Gasteiger charge is 2.10. The Labute approximate surface area is 177 Å². The van der Waals surface area contributed by atoms with Crippen LogP contribution in [0.4, 0.5) is 0 Å². The summed E-state index contributed by atoms with van der Waals surface area (Å²) in [5, 5.41) is 7.15. The Hall–Kier alpha value is -1.32. The number of aryl methyl sites for hydroxylation is 1. The summed E-state index contributed by atoms with van der Waals surface area (Å²) in [5.41, 5.74) is 2.82. The van der Waals surface area contributed by atoms with E-state index in [4.69, 9.17) is 11.6 Å². The summed E-state index contributed by atoms with van der Waals surface area (Å²) in [4.78, 5) is 4.55. The zero-order valence-corrected chi connectivity index (χ0v) is 18.8. The molecule has 0 aliphatic rings. The maximum atomic E-state index is 11.7. The Morgan fingerprint density at radius 1 is 1.04 bits per heavy atom. The van der Waals surface area contributed by atoms with Crippen LogP contribution < -0.4 is 10.6 Å². The molecule has 0 fully saturated rings. The van der Waals surface area contributed by atoms with Crippen molar-refractivity contribution in [1.82, 2.24) is 10.6 Å². The van der Waals surface area contributed by atoms with Crippen molar-refractivity contribution in [3.05, 3.63) is 64.2 Å². The third-order valence-electron chi connectivity index (χ3n) is 3.70. The molecule has 8 heteroatoms. The van der Waals surface area contributed by atoms with Crippen LogP contribution in [0.25, 0.3) is 0 Å². The number of nitrogens with one attached hydrogen (secondary N) is 2. The van der Waals surface area contributed by atoms with Gasteiger partial charge in [0.05, 0.1) is 4.90 Å². The van der Waals surface area contributed by atoms with Crippen molar-refractivity contribution in [3.8, 4) is 0 Å². The van der Waals surface area contributed by atoms with E-state index >= 15 is 0 Å². The van der Waals surface area contributed by atoms with Gasteiger partial charge in [0.2, 0.25) is 0 Å². The fourth-order valence-electron chi connectivity index (χ4n) is 2.43. The van der Waals surface area contributed by atoms with E-state index in [1.54, 1.807) is 20.0 Å². The van der Waals surface area contributed by atoms with Gasteiger partial charge in [0, 0.05) is 31.4 Å². The van der Waals surface area contributed by atoms with Gasteiger partial charge in [0.15, 0.2) is 15.8 Å². The molecule has 0 aliphatic heterocycles. The fraction of sp³-hybridized carbons (Fsp3) is 0.278. The van der Waals surface area contributed by atoms with Crippen LogP contribution in [0.3, 0.4) is 0 Å². The molecule has 0 aliphatic carbocycles. The smallest absolute Gasteiger partial charge is 0.191 e. The molecule has 0 unspecified atom stereocenters. The second kappa shape index (κ2) is 10.1. The summed E-state index contributed by atoms with van der Waals surface area (Å²) in [7, 11) is -1.49. The third kappa shape index (κ3) is 6.77. The monoisotopic (exact) mass is 507 g/mol. The Morgan fingerprint density at radius 2 is 1.58 bits per heavy atom. The molecular formula is C18H23ClIN3O2S. The lowest BCUT2D eigenvalue weighted by atomic mass is 10.1. The van der Waals surface area contributed by atoms with Crippen molar-refractivity contribution in [2.24, 2.45) is 4.99 Å². The normalized spacial score (nSPS) is 11.6. The molecule has 5 nitrogen and oxygen atoms in total. The van der Waals surface area contributed by atoms with Crippen LogP contribution in [-0.2, 0) is 22.9 Å². The van der Waals surface area contributed by atoms with Crippen LogP contribution in [0.15, 0.2) is 52.4 Å². The standard InChI is InChI=1S/C18H22ClN3O2S.HI/c1-13-10-15(6-9-17(13)25(3,23)24)12-22-18(20-2)21-11-14-4-7-16(19)8-5-14;/h4-10H,11-12H2,1-3H3,(H2,20,21,22);1H. The van der Waals surface area contributed by atoms with E-state index in [0.29, 0.717) is 29.0 Å². The average Bonchev–Trinajstić information content (AvgIpc) is 2.55. The first-order valence-corrected chi connectivity index (χ1v) is 10.0. The lowest BCUT2D eigenvalue weighted by Crippen LogP contribution is -2.36. The summed E-state index contributed by atoms with van der Waals surface area (Å²) in [5.74, 6) is 0.666. The molecule has 2 rings (SSSR count). The number of nitrogens with zero attached hydrogens (tertiary/aromatic N) is 1. The van der Waals surface area contributed by atoms with Crippen LogP contribution in [0.1, 0.15) is 16.7 Å². The zero-order chi connectivity index (χ0) is 18.4. The van der Waals surface area contributed by atoms with Gasteiger partial charge in [0.25, 0.3) is 0 Å². The number of hydrogen-bond donors (Lipinski definition) is 2. The number of guanidine groups is 1. The van der Waals surface area contributed by atoms with Gasteiger partial charge in [-0.05, 0) is 41.8 Å². The van der Waals surface area contributed by atoms with E-state index in [2.05, 4.69) is 15.6 Å². The van der Waals surface area contributed by atoms with Gasteiger partial charge in [-0.25, -0.2) is 8.42 Å². The van der Waals surface area contributed by atoms with Crippen molar-refractivity contribution < 1.29 is 8.42 Å². The lowest BCUT2D eigenvalue weighted by Gasteiger charge is -2.13. The van der Waals surface area contributed by atoms with Crippen molar-refractivity contribution in [1.29, 1.82) is 0 Å².